The summed E-state index contributed by atoms with van der Waals surface area (Å²) < 4.78 is 1.82. The van der Waals surface area contributed by atoms with Crippen LogP contribution in [0.2, 0.25) is 5.02 Å². The molecule has 2 aromatic heterocycles. The zero-order chi connectivity index (χ0) is 20.5. The minimum atomic E-state index is -0.240. The van der Waals surface area contributed by atoms with Crippen LogP contribution in [0, 0.1) is 0 Å². The molecule has 3 aromatic rings. The number of hydrogen-bond acceptors (Lipinski definition) is 3. The Kier molecular flexibility index (Phi) is 5.48. The van der Waals surface area contributed by atoms with Crippen molar-refractivity contribution < 1.29 is 9.59 Å². The largest absolute Gasteiger partial charge is 0.348 e. The van der Waals surface area contributed by atoms with Crippen LogP contribution in [0.15, 0.2) is 36.9 Å². The first kappa shape index (κ1) is 19.7. The van der Waals surface area contributed by atoms with Gasteiger partial charge in [0.05, 0.1) is 5.56 Å². The van der Waals surface area contributed by atoms with E-state index in [9.17, 15) is 9.59 Å². The number of fused-ring (bicyclic) bond motifs is 2. The Morgan fingerprint density at radius 1 is 1.24 bits per heavy atom. The highest BCUT2D eigenvalue weighted by Gasteiger charge is 2.27. The summed E-state index contributed by atoms with van der Waals surface area (Å²) >= 11 is 7.61. The molecule has 0 bridgehead atoms. The third-order valence-corrected chi connectivity index (χ3v) is 6.71. The molecule has 0 aliphatic heterocycles. The van der Waals surface area contributed by atoms with E-state index in [2.05, 4.69) is 17.2 Å². The summed E-state index contributed by atoms with van der Waals surface area (Å²) in [5.74, 6) is -0.403. The van der Waals surface area contributed by atoms with E-state index in [1.54, 1.807) is 12.1 Å². The minimum Gasteiger partial charge on any atom is -0.348 e. The Balaban J connectivity index is 1.69. The molecule has 2 N–H and O–H groups in total. The first-order chi connectivity index (χ1) is 14.0. The van der Waals surface area contributed by atoms with E-state index in [1.165, 1.54) is 16.2 Å². The van der Waals surface area contributed by atoms with Crippen molar-refractivity contribution in [1.82, 2.24) is 9.88 Å². The van der Waals surface area contributed by atoms with Gasteiger partial charge in [0.1, 0.15) is 10.7 Å². The number of aromatic nitrogens is 1. The Bertz CT molecular complexity index is 1130. The lowest BCUT2D eigenvalue weighted by Crippen LogP contribution is -2.26. The van der Waals surface area contributed by atoms with E-state index < -0.39 is 0 Å². The molecule has 2 heterocycles. The van der Waals surface area contributed by atoms with E-state index in [0.717, 1.165) is 42.1 Å². The number of carbonyl (C=O) groups is 2. The molecule has 150 valence electrons. The van der Waals surface area contributed by atoms with Gasteiger partial charge < -0.3 is 15.2 Å². The number of carbonyl (C=O) groups excluding carboxylic acids is 2. The summed E-state index contributed by atoms with van der Waals surface area (Å²) in [6, 6.07) is 7.38. The monoisotopic (exact) mass is 427 g/mol. The van der Waals surface area contributed by atoms with Crippen molar-refractivity contribution in [2.24, 2.45) is 7.05 Å². The predicted octanol–water partition coefficient (Wildman–Crippen LogP) is 4.94. The van der Waals surface area contributed by atoms with Crippen LogP contribution in [0.3, 0.4) is 0 Å². The van der Waals surface area contributed by atoms with Crippen LogP contribution >= 0.6 is 22.9 Å². The van der Waals surface area contributed by atoms with Crippen LogP contribution < -0.4 is 10.6 Å². The van der Waals surface area contributed by atoms with E-state index in [4.69, 9.17) is 11.6 Å². The van der Waals surface area contributed by atoms with E-state index in [0.29, 0.717) is 27.8 Å². The summed E-state index contributed by atoms with van der Waals surface area (Å²) in [6.45, 7) is 4.04. The molecule has 1 aromatic carbocycles. The molecule has 29 heavy (non-hydrogen) atoms. The van der Waals surface area contributed by atoms with Gasteiger partial charge in [-0.25, -0.2) is 0 Å². The molecule has 0 spiro atoms. The predicted molar refractivity (Wildman–Crippen MR) is 119 cm³/mol. The van der Waals surface area contributed by atoms with Gasteiger partial charge in [-0.2, -0.15) is 0 Å². The molecule has 1 aliphatic rings. The third-order valence-electron chi connectivity index (χ3n) is 5.27. The Morgan fingerprint density at radius 2 is 2.03 bits per heavy atom. The first-order valence-corrected chi connectivity index (χ1v) is 10.8. The molecule has 0 saturated heterocycles. The van der Waals surface area contributed by atoms with Crippen LogP contribution in [0.1, 0.15) is 44.1 Å². The molecule has 1 aliphatic carbocycles. The maximum atomic E-state index is 13.1. The van der Waals surface area contributed by atoms with E-state index in [1.807, 2.05) is 29.8 Å². The standard InChI is InChI=1S/C22H22ClN3O2S/c1-3-10-24-21(28)19-15-6-4-5-7-18(15)29-22(19)25-20(27)17-11-13-8-9-14(23)12-16(13)26(17)2/h3,8-9,11-12H,1,4-7,10H2,2H3,(H,24,28)(H,25,27). The van der Waals surface area contributed by atoms with Crippen LogP contribution in [-0.2, 0) is 19.9 Å². The van der Waals surface area contributed by atoms with Gasteiger partial charge in [-0.3, -0.25) is 9.59 Å². The summed E-state index contributed by atoms with van der Waals surface area (Å²) in [6.07, 6.45) is 5.63. The zero-order valence-corrected chi connectivity index (χ0v) is 17.8. The Hall–Kier alpha value is -2.57. The van der Waals surface area contributed by atoms with Crippen molar-refractivity contribution in [2.45, 2.75) is 25.7 Å². The van der Waals surface area contributed by atoms with E-state index >= 15 is 0 Å². The quantitative estimate of drug-likeness (QED) is 0.566. The van der Waals surface area contributed by atoms with Crippen molar-refractivity contribution in [3.63, 3.8) is 0 Å². The van der Waals surface area contributed by atoms with Gasteiger partial charge in [-0.15, -0.1) is 17.9 Å². The van der Waals surface area contributed by atoms with Crippen LogP contribution in [0.5, 0.6) is 0 Å². The molecular formula is C22H22ClN3O2S. The van der Waals surface area contributed by atoms with Gasteiger partial charge in [0.25, 0.3) is 11.8 Å². The first-order valence-electron chi connectivity index (χ1n) is 9.59. The van der Waals surface area contributed by atoms with E-state index in [-0.39, 0.29) is 11.8 Å². The van der Waals surface area contributed by atoms with Gasteiger partial charge in [0, 0.05) is 34.4 Å². The Morgan fingerprint density at radius 3 is 2.83 bits per heavy atom. The lowest BCUT2D eigenvalue weighted by molar-refractivity contribution is 0.0958. The molecule has 0 saturated carbocycles. The summed E-state index contributed by atoms with van der Waals surface area (Å²) in [4.78, 5) is 27.1. The fourth-order valence-electron chi connectivity index (χ4n) is 3.84. The number of thiophene rings is 1. The fourth-order valence-corrected chi connectivity index (χ4v) is 5.28. The SMILES string of the molecule is C=CCNC(=O)c1c(NC(=O)c2cc3ccc(Cl)cc3n2C)sc2c1CCCC2. The number of nitrogens with zero attached hydrogens (tertiary/aromatic N) is 1. The van der Waals surface area contributed by atoms with Crippen molar-refractivity contribution >= 4 is 50.7 Å². The number of halogens is 1. The normalized spacial score (nSPS) is 13.2. The van der Waals surface area contributed by atoms with Crippen LogP contribution in [0.4, 0.5) is 5.00 Å². The molecule has 2 amide bonds. The number of anilines is 1. The maximum absolute atomic E-state index is 13.1. The lowest BCUT2D eigenvalue weighted by Gasteiger charge is -2.13. The fraction of sp³-hybridized carbons (Fsp3) is 0.273. The number of nitrogens with one attached hydrogen (secondary N) is 2. The summed E-state index contributed by atoms with van der Waals surface area (Å²) in [5, 5.41) is 8.03. The van der Waals surface area contributed by atoms with Gasteiger partial charge in [0.15, 0.2) is 0 Å². The number of aryl methyl sites for hydroxylation is 2. The summed E-state index contributed by atoms with van der Waals surface area (Å²) in [5.41, 5.74) is 3.08. The smallest absolute Gasteiger partial charge is 0.272 e. The number of hydrogen-bond donors (Lipinski definition) is 2. The molecule has 5 nitrogen and oxygen atoms in total. The second-order valence-corrected chi connectivity index (χ2v) is 8.70. The third kappa shape index (κ3) is 3.70. The highest BCUT2D eigenvalue weighted by atomic mass is 35.5. The molecule has 0 unspecified atom stereocenters. The zero-order valence-electron chi connectivity index (χ0n) is 16.2. The molecule has 0 radical (unpaired) electrons. The maximum Gasteiger partial charge on any atom is 0.272 e. The topological polar surface area (TPSA) is 63.1 Å². The van der Waals surface area contributed by atoms with Crippen LogP contribution in [-0.4, -0.2) is 22.9 Å². The second-order valence-electron chi connectivity index (χ2n) is 7.16. The molecule has 4 rings (SSSR count). The second kappa shape index (κ2) is 8.05. The van der Waals surface area contributed by atoms with Gasteiger partial charge in [0.2, 0.25) is 0 Å². The minimum absolute atomic E-state index is 0.163. The van der Waals surface area contributed by atoms with Gasteiger partial charge in [-0.05, 0) is 49.4 Å². The Labute approximate surface area is 178 Å². The van der Waals surface area contributed by atoms with Crippen molar-refractivity contribution in [3.05, 3.63) is 63.6 Å². The molecular weight excluding hydrogens is 406 g/mol. The summed E-state index contributed by atoms with van der Waals surface area (Å²) in [7, 11) is 1.84. The number of benzene rings is 1. The molecule has 7 heteroatoms. The lowest BCUT2D eigenvalue weighted by atomic mass is 9.95. The molecule has 0 fully saturated rings. The number of rotatable bonds is 5. The van der Waals surface area contributed by atoms with Crippen LogP contribution in [0.25, 0.3) is 10.9 Å². The highest BCUT2D eigenvalue weighted by Crippen LogP contribution is 2.38. The van der Waals surface area contributed by atoms with Gasteiger partial charge >= 0.3 is 0 Å². The average molecular weight is 428 g/mol. The van der Waals surface area contributed by atoms with Crippen molar-refractivity contribution in [3.8, 4) is 0 Å². The highest BCUT2D eigenvalue weighted by molar-refractivity contribution is 7.17. The average Bonchev–Trinajstić information content (AvgIpc) is 3.23. The molecule has 0 atom stereocenters. The van der Waals surface area contributed by atoms with Crippen molar-refractivity contribution in [1.29, 1.82) is 0 Å². The van der Waals surface area contributed by atoms with Gasteiger partial charge in [-0.1, -0.05) is 23.7 Å². The van der Waals surface area contributed by atoms with Crippen molar-refractivity contribution in [2.75, 3.05) is 11.9 Å². The number of amides is 2.